The molecule has 156 valence electrons. The Bertz CT molecular complexity index is 1320. The third-order valence-electron chi connectivity index (χ3n) is 4.33. The maximum atomic E-state index is 12.4. The number of phenols is 1. The van der Waals surface area contributed by atoms with Gasteiger partial charge in [-0.3, -0.25) is 4.79 Å². The Labute approximate surface area is 178 Å². The van der Waals surface area contributed by atoms with E-state index in [-0.39, 0.29) is 27.9 Å². The van der Waals surface area contributed by atoms with Gasteiger partial charge in [0, 0.05) is 5.56 Å². The summed E-state index contributed by atoms with van der Waals surface area (Å²) in [6.07, 6.45) is 2.85. The number of nitrogens with zero attached hydrogens (tertiary/aromatic N) is 2. The minimum atomic E-state index is -3.58. The molecule has 8 nitrogen and oxygen atoms in total. The van der Waals surface area contributed by atoms with Crippen LogP contribution in [0.25, 0.3) is 11.4 Å². The molecule has 0 bridgehead atoms. The van der Waals surface area contributed by atoms with Gasteiger partial charge in [0.05, 0.1) is 23.0 Å². The van der Waals surface area contributed by atoms with Gasteiger partial charge in [0.2, 0.25) is 0 Å². The summed E-state index contributed by atoms with van der Waals surface area (Å²) >= 11 is 0. The van der Waals surface area contributed by atoms with E-state index < -0.39 is 15.7 Å². The average Bonchev–Trinajstić information content (AvgIpc) is 3.23. The molecule has 0 aliphatic carbocycles. The summed E-state index contributed by atoms with van der Waals surface area (Å²) in [6.45, 7) is 0. The molecule has 0 atom stereocenters. The summed E-state index contributed by atoms with van der Waals surface area (Å²) in [7, 11) is -3.58. The molecule has 4 aromatic rings. The highest BCUT2D eigenvalue weighted by atomic mass is 32.2. The monoisotopic (exact) mass is 435 g/mol. The van der Waals surface area contributed by atoms with Crippen LogP contribution in [0.5, 0.6) is 5.75 Å². The van der Waals surface area contributed by atoms with E-state index in [9.17, 15) is 18.3 Å². The molecule has 0 fully saturated rings. The number of furan rings is 1. The Morgan fingerprint density at radius 3 is 2.42 bits per heavy atom. The molecule has 0 saturated heterocycles. The standard InChI is InChI=1S/C22H17N3O5S/c26-17-6-4-5-15(11-17)21-23-12-16(13-24-21)25-22(27)20-10-9-18(30-20)14-31(28,29)19-7-2-1-3-8-19/h1-13,26H,14H2,(H,25,27). The van der Waals surface area contributed by atoms with Gasteiger partial charge >= 0.3 is 0 Å². The molecule has 2 heterocycles. The van der Waals surface area contributed by atoms with Gasteiger partial charge in [0.1, 0.15) is 17.3 Å². The lowest BCUT2D eigenvalue weighted by molar-refractivity contribution is 0.0995. The van der Waals surface area contributed by atoms with Crippen LogP contribution in [0.15, 0.2) is 88.4 Å². The molecule has 4 rings (SSSR count). The molecule has 2 aromatic carbocycles. The van der Waals surface area contributed by atoms with Crippen molar-refractivity contribution in [3.63, 3.8) is 0 Å². The van der Waals surface area contributed by atoms with Crippen molar-refractivity contribution in [3.8, 4) is 17.1 Å². The molecule has 2 aromatic heterocycles. The summed E-state index contributed by atoms with van der Waals surface area (Å²) < 4.78 is 30.3. The zero-order valence-electron chi connectivity index (χ0n) is 16.1. The zero-order chi connectivity index (χ0) is 21.8. The maximum absolute atomic E-state index is 12.4. The largest absolute Gasteiger partial charge is 0.508 e. The summed E-state index contributed by atoms with van der Waals surface area (Å²) in [5.41, 5.74) is 0.969. The molecule has 1 amide bonds. The lowest BCUT2D eigenvalue weighted by atomic mass is 10.2. The van der Waals surface area contributed by atoms with Crippen molar-refractivity contribution in [1.29, 1.82) is 0 Å². The van der Waals surface area contributed by atoms with Crippen LogP contribution in [0, 0.1) is 0 Å². The number of phenolic OH excluding ortho intramolecular Hbond substituents is 1. The highest BCUT2D eigenvalue weighted by Gasteiger charge is 2.19. The zero-order valence-corrected chi connectivity index (χ0v) is 16.9. The van der Waals surface area contributed by atoms with Crippen LogP contribution in [0.2, 0.25) is 0 Å². The van der Waals surface area contributed by atoms with Gasteiger partial charge in [-0.2, -0.15) is 0 Å². The molecule has 9 heteroatoms. The molecule has 0 aliphatic heterocycles. The second-order valence-electron chi connectivity index (χ2n) is 6.64. The lowest BCUT2D eigenvalue weighted by Gasteiger charge is -2.05. The van der Waals surface area contributed by atoms with Gasteiger partial charge in [-0.25, -0.2) is 18.4 Å². The van der Waals surface area contributed by atoms with Crippen LogP contribution in [0.1, 0.15) is 16.3 Å². The fourth-order valence-electron chi connectivity index (χ4n) is 2.86. The quantitative estimate of drug-likeness (QED) is 0.474. The minimum absolute atomic E-state index is 0.0321. The van der Waals surface area contributed by atoms with Crippen molar-refractivity contribution < 1.29 is 22.7 Å². The Kier molecular flexibility index (Phi) is 5.50. The number of anilines is 1. The molecule has 0 unspecified atom stereocenters. The number of aromatic hydroxyl groups is 1. The predicted octanol–water partition coefficient (Wildman–Crippen LogP) is 3.67. The molecule has 2 N–H and O–H groups in total. The van der Waals surface area contributed by atoms with Crippen molar-refractivity contribution >= 4 is 21.4 Å². The Morgan fingerprint density at radius 2 is 1.71 bits per heavy atom. The van der Waals surface area contributed by atoms with E-state index >= 15 is 0 Å². The first kappa shape index (κ1) is 20.3. The molecule has 0 spiro atoms. The Hall–Kier alpha value is -3.98. The summed E-state index contributed by atoms with van der Waals surface area (Å²) in [4.78, 5) is 21.0. The number of hydrogen-bond donors (Lipinski definition) is 2. The smallest absolute Gasteiger partial charge is 0.291 e. The number of nitrogens with one attached hydrogen (secondary N) is 1. The highest BCUT2D eigenvalue weighted by Crippen LogP contribution is 2.21. The Balaban J connectivity index is 1.43. The number of hydrogen-bond acceptors (Lipinski definition) is 7. The predicted molar refractivity (Wildman–Crippen MR) is 113 cm³/mol. The number of sulfone groups is 1. The van der Waals surface area contributed by atoms with E-state index in [0.29, 0.717) is 17.1 Å². The summed E-state index contributed by atoms with van der Waals surface area (Å²) in [5.74, 6) is -0.301. The molecule has 0 saturated carbocycles. The molecular formula is C22H17N3O5S. The number of carbonyl (C=O) groups is 1. The number of rotatable bonds is 6. The number of benzene rings is 2. The normalized spacial score (nSPS) is 11.2. The van der Waals surface area contributed by atoms with Crippen molar-refractivity contribution in [2.45, 2.75) is 10.6 Å². The molecule has 0 aliphatic rings. The average molecular weight is 435 g/mol. The fraction of sp³-hybridized carbons (Fsp3) is 0.0455. The first-order chi connectivity index (χ1) is 14.9. The van der Waals surface area contributed by atoms with Gasteiger partial charge in [-0.15, -0.1) is 0 Å². The number of aromatic nitrogens is 2. The third-order valence-corrected chi connectivity index (χ3v) is 5.99. The third kappa shape index (κ3) is 4.78. The van der Waals surface area contributed by atoms with Gasteiger partial charge in [-0.05, 0) is 36.4 Å². The van der Waals surface area contributed by atoms with E-state index in [0.717, 1.165) is 0 Å². The van der Waals surface area contributed by atoms with E-state index in [1.807, 2.05) is 0 Å². The van der Waals surface area contributed by atoms with Crippen molar-refractivity contribution in [2.75, 3.05) is 5.32 Å². The second kappa shape index (κ2) is 8.41. The van der Waals surface area contributed by atoms with Gasteiger partial charge in [0.15, 0.2) is 21.4 Å². The van der Waals surface area contributed by atoms with E-state index in [2.05, 4.69) is 15.3 Å². The van der Waals surface area contributed by atoms with E-state index in [1.165, 1.54) is 42.7 Å². The minimum Gasteiger partial charge on any atom is -0.508 e. The highest BCUT2D eigenvalue weighted by molar-refractivity contribution is 7.90. The van der Waals surface area contributed by atoms with Crippen molar-refractivity contribution in [3.05, 3.63) is 90.6 Å². The molecular weight excluding hydrogens is 418 g/mol. The topological polar surface area (TPSA) is 122 Å². The lowest BCUT2D eigenvalue weighted by Crippen LogP contribution is -2.11. The fourth-order valence-corrected chi connectivity index (χ4v) is 4.12. The van der Waals surface area contributed by atoms with Crippen LogP contribution in [-0.2, 0) is 15.6 Å². The van der Waals surface area contributed by atoms with Crippen LogP contribution in [0.3, 0.4) is 0 Å². The van der Waals surface area contributed by atoms with Crippen molar-refractivity contribution in [1.82, 2.24) is 9.97 Å². The number of amides is 1. The molecule has 31 heavy (non-hydrogen) atoms. The maximum Gasteiger partial charge on any atom is 0.291 e. The Morgan fingerprint density at radius 1 is 0.968 bits per heavy atom. The molecule has 0 radical (unpaired) electrons. The first-order valence-electron chi connectivity index (χ1n) is 9.20. The summed E-state index contributed by atoms with van der Waals surface area (Å²) in [5, 5.41) is 12.2. The number of carbonyl (C=O) groups excluding carboxylic acids is 1. The van der Waals surface area contributed by atoms with Crippen LogP contribution in [-0.4, -0.2) is 29.4 Å². The summed E-state index contributed by atoms with van der Waals surface area (Å²) in [6, 6.07) is 17.4. The van der Waals surface area contributed by atoms with Crippen LogP contribution >= 0.6 is 0 Å². The first-order valence-corrected chi connectivity index (χ1v) is 10.9. The van der Waals surface area contributed by atoms with Crippen molar-refractivity contribution in [2.24, 2.45) is 0 Å². The van der Waals surface area contributed by atoms with Crippen LogP contribution in [0.4, 0.5) is 5.69 Å². The van der Waals surface area contributed by atoms with Gasteiger partial charge in [0.25, 0.3) is 5.91 Å². The SMILES string of the molecule is O=C(Nc1cnc(-c2cccc(O)c2)nc1)c1ccc(CS(=O)(=O)c2ccccc2)o1. The van der Waals surface area contributed by atoms with Gasteiger partial charge < -0.3 is 14.8 Å². The van der Waals surface area contributed by atoms with Crippen LogP contribution < -0.4 is 5.32 Å². The van der Waals surface area contributed by atoms with E-state index in [4.69, 9.17) is 4.42 Å². The van der Waals surface area contributed by atoms with Gasteiger partial charge in [-0.1, -0.05) is 30.3 Å². The second-order valence-corrected chi connectivity index (χ2v) is 8.63. The van der Waals surface area contributed by atoms with E-state index in [1.54, 1.807) is 36.4 Å².